The summed E-state index contributed by atoms with van der Waals surface area (Å²) in [6, 6.07) is 0. The third kappa shape index (κ3) is 12.1. The van der Waals surface area contributed by atoms with Crippen LogP contribution in [-0.2, 0) is 80.4 Å². The highest BCUT2D eigenvalue weighted by atomic mass is 31.3. The number of aliphatic hydroxyl groups is 2. The fraction of sp³-hybridized carbons (Fsp3) is 0.583. The molecule has 9 heterocycles. The average Bonchev–Trinajstić information content (AvgIpc) is 4.40. The van der Waals surface area contributed by atoms with Gasteiger partial charge in [-0.15, -0.1) is 0 Å². The topological polar surface area (TPSA) is 540 Å². The van der Waals surface area contributed by atoms with Crippen molar-refractivity contribution in [3.05, 3.63) is 46.0 Å². The lowest BCUT2D eigenvalue weighted by molar-refractivity contribution is -0.646. The second-order valence-corrected chi connectivity index (χ2v) is 23.9. The molecular formula is C36H52N15O24P4+. The molecule has 6 aromatic heterocycles. The molecule has 3 saturated heterocycles. The number of phosphoric ester groups is 3. The van der Waals surface area contributed by atoms with Crippen LogP contribution < -0.4 is 32.9 Å². The van der Waals surface area contributed by atoms with Crippen LogP contribution in [0.15, 0.2) is 34.9 Å². The fourth-order valence-corrected chi connectivity index (χ4v) is 13.5. The van der Waals surface area contributed by atoms with Crippen LogP contribution in [0.5, 0.6) is 0 Å². The van der Waals surface area contributed by atoms with Gasteiger partial charge in [-0.05, 0) is 13.8 Å². The molecule has 0 spiro atoms. The summed E-state index contributed by atoms with van der Waals surface area (Å²) in [4.78, 5) is 97.0. The van der Waals surface area contributed by atoms with Gasteiger partial charge < -0.3 is 75.4 Å². The molecule has 3 aliphatic heterocycles. The Bertz CT molecular complexity index is 3560. The third-order valence-electron chi connectivity index (χ3n) is 12.2. The Morgan fingerprint density at radius 2 is 1.15 bits per heavy atom. The van der Waals surface area contributed by atoms with Crippen molar-refractivity contribution < 1.29 is 108 Å². The van der Waals surface area contributed by atoms with Crippen LogP contribution in [0.4, 0.5) is 17.7 Å². The van der Waals surface area contributed by atoms with E-state index in [9.17, 15) is 57.6 Å². The first kappa shape index (κ1) is 58.5. The van der Waals surface area contributed by atoms with Crippen LogP contribution in [0.25, 0.3) is 33.5 Å². The van der Waals surface area contributed by atoms with Crippen LogP contribution >= 0.6 is 31.3 Å². The highest BCUT2D eigenvalue weighted by molar-refractivity contribution is 7.66. The molecule has 14 N–H and O–H groups in total. The predicted molar refractivity (Wildman–Crippen MR) is 258 cm³/mol. The number of nitrogens with one attached hydrogen (secondary N) is 2. The molecule has 6 aromatic rings. The van der Waals surface area contributed by atoms with Crippen molar-refractivity contribution in [1.82, 2.24) is 53.6 Å². The maximum Gasteiger partial charge on any atom is 0.490 e. The summed E-state index contributed by atoms with van der Waals surface area (Å²) in [5, 5.41) is 22.6. The SMILES string of the molecule is COC1[C@@H](OP(=O)(O)OC[C@H]2O[C@@H](n3cnc4c(=O)[nH]c(N)nc43)C(O)[C@H]2OC(C)C)[C@@H](COP(=O)(O)OP(=O)(O)OP(=O)(O)OC[C@H]2O[C@@H](n3c[n+](C)c4c(=O)[nH]c(N)nc43)[C@@H](O)C2OC)O[C@H]1n1cnc2c(N)ncnc21. The molecule has 3 aliphatic rings. The molecule has 434 valence electrons. The van der Waals surface area contributed by atoms with E-state index in [2.05, 4.69) is 48.5 Å². The number of hydrogen-bond acceptors (Lipinski definition) is 29. The fourth-order valence-electron chi connectivity index (χ4n) is 9.04. The Kier molecular flexibility index (Phi) is 16.5. The van der Waals surface area contributed by atoms with Crippen molar-refractivity contribution >= 4 is 82.5 Å². The largest absolute Gasteiger partial charge is 0.490 e. The Hall–Kier alpha value is -5.15. The van der Waals surface area contributed by atoms with Gasteiger partial charge in [0.2, 0.25) is 24.5 Å². The van der Waals surface area contributed by atoms with Gasteiger partial charge in [0.05, 0.1) is 45.6 Å². The van der Waals surface area contributed by atoms with Crippen molar-refractivity contribution in [3.8, 4) is 0 Å². The number of hydrogen-bond donors (Lipinski definition) is 11. The van der Waals surface area contributed by atoms with E-state index < -0.39 is 142 Å². The number of imidazole rings is 3. The lowest BCUT2D eigenvalue weighted by Gasteiger charge is -2.27. The van der Waals surface area contributed by atoms with E-state index in [1.54, 1.807) is 13.8 Å². The van der Waals surface area contributed by atoms with E-state index in [-0.39, 0.29) is 51.2 Å². The molecule has 16 atom stereocenters. The van der Waals surface area contributed by atoms with Gasteiger partial charge in [-0.25, -0.2) is 42.8 Å². The second kappa shape index (κ2) is 22.3. The standard InChI is InChI=1S/C36H51N15O24P4/c1-13(2)69-23-15(71-32(21(23)53)50-11-43-18-28(50)44-35(38)46-30(18)54)7-66-76(56,57)73-24-16(72-34(25(24)65-5)49-10-42-17-26(37)40-9-41-27(17)49)8-68-78(60,61)75-79(62,63)74-77(58,59)67-6-14-22(64-4)20(52)33(70-14)51-12-48(3)19-29(51)45-36(39)47-31(19)55/h9-16,20-25,32-34,52-53H,6-8H2,1-5H3,(H11-,37,38,39,40,41,44,45,46,47,54,55,56,57,58,59,60,61,62,63)/p+1/t14-,15-,16-,20+,21?,22?,23+,24+,25?,32-,33-,34-/m1/s1. The number of aromatic nitrogens is 12. The number of ether oxygens (including phenoxy) is 6. The lowest BCUT2D eigenvalue weighted by Crippen LogP contribution is -2.39. The van der Waals surface area contributed by atoms with Crippen LogP contribution in [0, 0.1) is 0 Å². The number of nitrogen functional groups attached to an aromatic ring is 3. The minimum atomic E-state index is -6.18. The van der Waals surface area contributed by atoms with Gasteiger partial charge in [0, 0.05) is 14.2 Å². The number of nitrogens with zero attached hydrogens (tertiary/aromatic N) is 10. The van der Waals surface area contributed by atoms with E-state index in [1.165, 1.54) is 38.0 Å². The van der Waals surface area contributed by atoms with Gasteiger partial charge in [-0.3, -0.25) is 46.8 Å². The number of nitrogens with two attached hydrogens (primary N) is 3. The molecule has 0 bridgehead atoms. The number of aromatic amines is 2. The molecule has 9 rings (SSSR count). The normalized spacial score (nSPS) is 29.6. The van der Waals surface area contributed by atoms with Crippen LogP contribution in [0.3, 0.4) is 0 Å². The summed E-state index contributed by atoms with van der Waals surface area (Å²) in [7, 11) is -19.6. The van der Waals surface area contributed by atoms with E-state index in [1.807, 2.05) is 0 Å². The number of H-pyrrole nitrogens is 2. The Morgan fingerprint density at radius 1 is 0.646 bits per heavy atom. The molecule has 0 saturated carbocycles. The van der Waals surface area contributed by atoms with Crippen molar-refractivity contribution in [3.63, 3.8) is 0 Å². The van der Waals surface area contributed by atoms with Crippen LogP contribution in [-0.4, -0.2) is 178 Å². The quantitative estimate of drug-likeness (QED) is 0.0245. The number of rotatable bonds is 22. The van der Waals surface area contributed by atoms with Crippen LogP contribution in [0.1, 0.15) is 32.5 Å². The van der Waals surface area contributed by atoms with Crippen molar-refractivity contribution in [1.29, 1.82) is 0 Å². The summed E-state index contributed by atoms with van der Waals surface area (Å²) in [6.07, 6.45) is -13.7. The first-order chi connectivity index (χ1) is 37.1. The minimum absolute atomic E-state index is 0.0256. The summed E-state index contributed by atoms with van der Waals surface area (Å²) in [5.41, 5.74) is 16.0. The molecule has 79 heavy (non-hydrogen) atoms. The van der Waals surface area contributed by atoms with Gasteiger partial charge >= 0.3 is 36.9 Å². The maximum atomic E-state index is 14.0. The van der Waals surface area contributed by atoms with E-state index in [0.29, 0.717) is 0 Å². The van der Waals surface area contributed by atoms with Crippen LogP contribution in [0.2, 0.25) is 0 Å². The third-order valence-corrected chi connectivity index (χ3v) is 17.4. The molecule has 3 fully saturated rings. The molecule has 0 amide bonds. The highest BCUT2D eigenvalue weighted by Crippen LogP contribution is 2.68. The second-order valence-electron chi connectivity index (χ2n) is 17.8. The van der Waals surface area contributed by atoms with Gasteiger partial charge in [0.1, 0.15) is 66.8 Å². The molecule has 0 aromatic carbocycles. The van der Waals surface area contributed by atoms with Gasteiger partial charge in [0.15, 0.2) is 35.1 Å². The van der Waals surface area contributed by atoms with Crippen molar-refractivity contribution in [2.24, 2.45) is 7.05 Å². The monoisotopic (exact) mass is 1200 g/mol. The number of aliphatic hydroxyl groups excluding tert-OH is 2. The summed E-state index contributed by atoms with van der Waals surface area (Å²) in [5.74, 6) is -0.620. The van der Waals surface area contributed by atoms with Crippen molar-refractivity contribution in [2.75, 3.05) is 51.2 Å². The molecule has 39 nitrogen and oxygen atoms in total. The van der Waals surface area contributed by atoms with E-state index >= 15 is 0 Å². The smallest absolute Gasteiger partial charge is 0.386 e. The molecule has 0 radical (unpaired) electrons. The molecular weight excluding hydrogens is 1150 g/mol. The minimum Gasteiger partial charge on any atom is -0.386 e. The molecule has 0 aliphatic carbocycles. The predicted octanol–water partition coefficient (Wildman–Crippen LogP) is -2.62. The number of aryl methyl sites for hydroxylation is 1. The lowest BCUT2D eigenvalue weighted by atomic mass is 10.1. The average molecular weight is 1200 g/mol. The zero-order valence-corrected chi connectivity index (χ0v) is 45.0. The number of phosphoric acid groups is 4. The molecule has 43 heteroatoms. The molecule has 7 unspecified atom stereocenters. The Labute approximate surface area is 440 Å². The maximum absolute atomic E-state index is 14.0. The number of methoxy groups -OCH3 is 2. The van der Waals surface area contributed by atoms with Gasteiger partial charge in [-0.2, -0.15) is 23.2 Å². The first-order valence-electron chi connectivity index (χ1n) is 22.9. The van der Waals surface area contributed by atoms with E-state index in [0.717, 1.165) is 26.9 Å². The Morgan fingerprint density at radius 3 is 1.76 bits per heavy atom. The number of fused-ring (bicyclic) bond motifs is 3. The summed E-state index contributed by atoms with van der Waals surface area (Å²) >= 11 is 0. The van der Waals surface area contributed by atoms with E-state index in [4.69, 9.17) is 63.7 Å². The summed E-state index contributed by atoms with van der Waals surface area (Å²) < 4.78 is 123. The first-order valence-corrected chi connectivity index (χ1v) is 28.9. The van der Waals surface area contributed by atoms with Gasteiger partial charge in [-0.1, -0.05) is 0 Å². The van der Waals surface area contributed by atoms with Crippen molar-refractivity contribution in [2.45, 2.75) is 93.6 Å². The zero-order valence-electron chi connectivity index (χ0n) is 41.5. The Balaban J connectivity index is 0.882. The highest BCUT2D eigenvalue weighted by Gasteiger charge is 2.54. The number of anilines is 3. The summed E-state index contributed by atoms with van der Waals surface area (Å²) in [6.45, 7) is 0.176. The zero-order chi connectivity index (χ0) is 57.3. The van der Waals surface area contributed by atoms with Gasteiger partial charge in [0.25, 0.3) is 16.7 Å².